The molecule has 1 fully saturated rings. The number of carbonyl (C=O) groups is 1. The fraction of sp³-hybridized carbons (Fsp3) is 0.412. The number of methoxy groups -OCH3 is 2. The minimum absolute atomic E-state index is 0.0432. The zero-order chi connectivity index (χ0) is 18.9. The van der Waals surface area contributed by atoms with Crippen molar-refractivity contribution in [3.63, 3.8) is 0 Å². The lowest BCUT2D eigenvalue weighted by atomic mass is 10.0. The number of hydrogen-bond donors (Lipinski definition) is 1. The van der Waals surface area contributed by atoms with Gasteiger partial charge in [-0.25, -0.2) is 13.4 Å². The van der Waals surface area contributed by atoms with E-state index in [0.717, 1.165) is 5.56 Å². The highest BCUT2D eigenvalue weighted by Gasteiger charge is 2.39. The van der Waals surface area contributed by atoms with Gasteiger partial charge < -0.3 is 14.8 Å². The molecule has 2 heterocycles. The number of nitrogens with zero attached hydrogens (tertiary/aromatic N) is 1. The third kappa shape index (κ3) is 3.83. The normalized spacial score (nSPS) is 21.3. The number of benzene rings is 1. The first kappa shape index (κ1) is 18.7. The lowest BCUT2D eigenvalue weighted by Gasteiger charge is -2.23. The topological polar surface area (TPSA) is 94.6 Å². The molecule has 3 rings (SSSR count). The number of rotatable bonds is 5. The summed E-state index contributed by atoms with van der Waals surface area (Å²) in [4.78, 5) is 16.9. The van der Waals surface area contributed by atoms with Gasteiger partial charge in [0.1, 0.15) is 10.7 Å². The molecule has 1 aliphatic heterocycles. The van der Waals surface area contributed by atoms with Crippen molar-refractivity contribution in [1.82, 2.24) is 10.3 Å². The van der Waals surface area contributed by atoms with Gasteiger partial charge in [-0.15, -0.1) is 11.3 Å². The van der Waals surface area contributed by atoms with Crippen LogP contribution in [0.3, 0.4) is 0 Å². The SMILES string of the molecule is COc1ccc(-c2nc(C(=O)NC3(C)CCS(=O)(=O)C3)cs2)cc1OC. The smallest absolute Gasteiger partial charge is 0.271 e. The van der Waals surface area contributed by atoms with Crippen LogP contribution < -0.4 is 14.8 Å². The highest BCUT2D eigenvalue weighted by Crippen LogP contribution is 2.33. The molecule has 26 heavy (non-hydrogen) atoms. The molecule has 1 unspecified atom stereocenters. The summed E-state index contributed by atoms with van der Waals surface area (Å²) in [5, 5.41) is 5.14. The first-order valence-electron chi connectivity index (χ1n) is 7.96. The molecule has 0 saturated carbocycles. The number of carbonyl (C=O) groups excluding carboxylic acids is 1. The van der Waals surface area contributed by atoms with Crippen LogP contribution in [-0.4, -0.2) is 50.6 Å². The van der Waals surface area contributed by atoms with E-state index in [9.17, 15) is 13.2 Å². The van der Waals surface area contributed by atoms with Crippen molar-refractivity contribution in [2.75, 3.05) is 25.7 Å². The number of amides is 1. The monoisotopic (exact) mass is 396 g/mol. The van der Waals surface area contributed by atoms with Gasteiger partial charge in [0.2, 0.25) is 0 Å². The van der Waals surface area contributed by atoms with Crippen molar-refractivity contribution in [3.05, 3.63) is 29.3 Å². The standard InChI is InChI=1S/C17H20N2O5S2/c1-17(6-7-26(21,22)10-17)19-15(20)12-9-25-16(18-12)11-4-5-13(23-2)14(8-11)24-3/h4-5,8-9H,6-7,10H2,1-3H3,(H,19,20). The van der Waals surface area contributed by atoms with Gasteiger partial charge in [0.25, 0.3) is 5.91 Å². The Morgan fingerprint density at radius 2 is 2.00 bits per heavy atom. The van der Waals surface area contributed by atoms with Crippen LogP contribution in [0.25, 0.3) is 10.6 Å². The molecule has 1 amide bonds. The number of sulfone groups is 1. The van der Waals surface area contributed by atoms with Crippen LogP contribution >= 0.6 is 11.3 Å². The molecular formula is C17H20N2O5S2. The maximum absolute atomic E-state index is 12.5. The van der Waals surface area contributed by atoms with Gasteiger partial charge >= 0.3 is 0 Å². The summed E-state index contributed by atoms with van der Waals surface area (Å²) in [5.74, 6) is 0.875. The Kier molecular flexibility index (Phi) is 4.94. The van der Waals surface area contributed by atoms with Gasteiger partial charge in [-0.2, -0.15) is 0 Å². The molecule has 9 heteroatoms. The predicted octanol–water partition coefficient (Wildman–Crippen LogP) is 2.13. The van der Waals surface area contributed by atoms with Crippen LogP contribution in [-0.2, 0) is 9.84 Å². The minimum Gasteiger partial charge on any atom is -0.493 e. The predicted molar refractivity (Wildman–Crippen MR) is 99.8 cm³/mol. The molecule has 1 aromatic carbocycles. The van der Waals surface area contributed by atoms with Gasteiger partial charge in [-0.3, -0.25) is 4.79 Å². The van der Waals surface area contributed by atoms with E-state index in [1.807, 2.05) is 6.07 Å². The number of hydrogen-bond acceptors (Lipinski definition) is 7. The molecular weight excluding hydrogens is 376 g/mol. The van der Waals surface area contributed by atoms with Crippen LogP contribution in [0.4, 0.5) is 0 Å². The molecule has 0 aliphatic carbocycles. The summed E-state index contributed by atoms with van der Waals surface area (Å²) in [6.45, 7) is 1.75. The second-order valence-electron chi connectivity index (χ2n) is 6.46. The highest BCUT2D eigenvalue weighted by atomic mass is 32.2. The zero-order valence-electron chi connectivity index (χ0n) is 14.7. The number of thiazole rings is 1. The van der Waals surface area contributed by atoms with Crippen molar-refractivity contribution in [3.8, 4) is 22.1 Å². The third-order valence-electron chi connectivity index (χ3n) is 4.29. The van der Waals surface area contributed by atoms with Crippen LogP contribution in [0, 0.1) is 0 Å². The largest absolute Gasteiger partial charge is 0.493 e. The lowest BCUT2D eigenvalue weighted by Crippen LogP contribution is -2.47. The van der Waals surface area contributed by atoms with Gasteiger partial charge in [0.05, 0.1) is 31.3 Å². The Hall–Kier alpha value is -2.13. The van der Waals surface area contributed by atoms with Crippen molar-refractivity contribution in [2.24, 2.45) is 0 Å². The maximum atomic E-state index is 12.5. The van der Waals surface area contributed by atoms with E-state index in [1.54, 1.807) is 38.7 Å². The van der Waals surface area contributed by atoms with Crippen LogP contribution in [0.1, 0.15) is 23.8 Å². The molecule has 1 aromatic heterocycles. The molecule has 0 bridgehead atoms. The van der Waals surface area contributed by atoms with Crippen molar-refractivity contribution in [2.45, 2.75) is 18.9 Å². The third-order valence-corrected chi connectivity index (χ3v) is 7.08. The Balaban J connectivity index is 1.79. The second kappa shape index (κ2) is 6.88. The summed E-state index contributed by atoms with van der Waals surface area (Å²) in [7, 11) is 0.0248. The van der Waals surface area contributed by atoms with E-state index in [4.69, 9.17) is 9.47 Å². The summed E-state index contributed by atoms with van der Waals surface area (Å²) >= 11 is 1.33. The average Bonchev–Trinajstić information content (AvgIpc) is 3.19. The van der Waals surface area contributed by atoms with E-state index in [0.29, 0.717) is 22.9 Å². The Bertz CT molecular complexity index is 938. The molecule has 1 N–H and O–H groups in total. The molecule has 140 valence electrons. The average molecular weight is 396 g/mol. The fourth-order valence-electron chi connectivity index (χ4n) is 2.93. The van der Waals surface area contributed by atoms with Crippen molar-refractivity contribution in [1.29, 1.82) is 0 Å². The molecule has 1 aliphatic rings. The first-order valence-corrected chi connectivity index (χ1v) is 10.7. The van der Waals surface area contributed by atoms with Crippen LogP contribution in [0.15, 0.2) is 23.6 Å². The quantitative estimate of drug-likeness (QED) is 0.832. The Labute approximate surface area is 156 Å². The first-order chi connectivity index (χ1) is 12.3. The van der Waals surface area contributed by atoms with E-state index in [1.165, 1.54) is 11.3 Å². The molecule has 0 spiro atoms. The zero-order valence-corrected chi connectivity index (χ0v) is 16.4. The van der Waals surface area contributed by atoms with Gasteiger partial charge in [0.15, 0.2) is 21.3 Å². The van der Waals surface area contributed by atoms with Crippen LogP contribution in [0.2, 0.25) is 0 Å². The van der Waals surface area contributed by atoms with Crippen LogP contribution in [0.5, 0.6) is 11.5 Å². The fourth-order valence-corrected chi connectivity index (χ4v) is 5.82. The van der Waals surface area contributed by atoms with Gasteiger partial charge in [-0.1, -0.05) is 0 Å². The molecule has 0 radical (unpaired) electrons. The minimum atomic E-state index is -3.09. The summed E-state index contributed by atoms with van der Waals surface area (Å²) in [5.41, 5.74) is 0.329. The van der Waals surface area contributed by atoms with Crippen molar-refractivity contribution < 1.29 is 22.7 Å². The molecule has 2 aromatic rings. The molecule has 1 atom stereocenters. The van der Waals surface area contributed by atoms with E-state index >= 15 is 0 Å². The molecule has 1 saturated heterocycles. The number of aromatic nitrogens is 1. The summed E-state index contributed by atoms with van der Waals surface area (Å²) in [6.07, 6.45) is 0.410. The van der Waals surface area contributed by atoms with E-state index in [2.05, 4.69) is 10.3 Å². The van der Waals surface area contributed by atoms with Gasteiger partial charge in [-0.05, 0) is 31.5 Å². The van der Waals surface area contributed by atoms with E-state index < -0.39 is 15.4 Å². The maximum Gasteiger partial charge on any atom is 0.271 e. The molecule has 7 nitrogen and oxygen atoms in total. The number of nitrogens with one attached hydrogen (secondary N) is 1. The second-order valence-corrected chi connectivity index (χ2v) is 9.51. The van der Waals surface area contributed by atoms with Crippen molar-refractivity contribution >= 4 is 27.1 Å². The Morgan fingerprint density at radius 1 is 1.27 bits per heavy atom. The summed E-state index contributed by atoms with van der Waals surface area (Å²) < 4.78 is 33.9. The van der Waals surface area contributed by atoms with Gasteiger partial charge in [0, 0.05) is 10.9 Å². The summed E-state index contributed by atoms with van der Waals surface area (Å²) in [6, 6.07) is 5.41. The van der Waals surface area contributed by atoms with E-state index in [-0.39, 0.29) is 23.1 Å². The lowest BCUT2D eigenvalue weighted by molar-refractivity contribution is 0.0911. The number of ether oxygens (including phenoxy) is 2. The highest BCUT2D eigenvalue weighted by molar-refractivity contribution is 7.91. The Morgan fingerprint density at radius 3 is 2.62 bits per heavy atom.